The first-order valence-electron chi connectivity index (χ1n) is 5.13. The average molecular weight is 185 g/mol. The van der Waals surface area contributed by atoms with Gasteiger partial charge in [-0.05, 0) is 25.2 Å². The molecule has 0 heterocycles. The summed E-state index contributed by atoms with van der Waals surface area (Å²) in [5.41, 5.74) is 4.97. The van der Waals surface area contributed by atoms with Crippen LogP contribution in [0.25, 0.3) is 0 Å². The second-order valence-electron chi connectivity index (χ2n) is 4.08. The summed E-state index contributed by atoms with van der Waals surface area (Å²) in [7, 11) is 0. The maximum atomic E-state index is 11.0. The molecule has 1 saturated carbocycles. The van der Waals surface area contributed by atoms with Crippen molar-refractivity contribution in [1.29, 1.82) is 0 Å². The topological polar surface area (TPSA) is 63.3 Å². The Morgan fingerprint density at radius 3 is 2.92 bits per heavy atom. The van der Waals surface area contributed by atoms with Gasteiger partial charge in [-0.3, -0.25) is 4.79 Å². The minimum atomic E-state index is -0.921. The van der Waals surface area contributed by atoms with Gasteiger partial charge in [-0.15, -0.1) is 0 Å². The van der Waals surface area contributed by atoms with Crippen LogP contribution >= 0.6 is 0 Å². The average Bonchev–Trinajstić information content (AvgIpc) is 2.45. The second-order valence-corrected chi connectivity index (χ2v) is 4.08. The highest BCUT2D eigenvalue weighted by Gasteiger charge is 2.45. The van der Waals surface area contributed by atoms with Crippen LogP contribution in [0.15, 0.2) is 0 Å². The molecule has 3 heteroatoms. The minimum absolute atomic E-state index is 0.199. The standard InChI is InChI=1S/C10H19NO2/c1-2-3-5-8-6-4-7-10(8,11)9(12)13/h8H,2-7,11H2,1H3,(H,12,13)/t8-,10+/m0/s1. The van der Waals surface area contributed by atoms with E-state index in [1.54, 1.807) is 0 Å². The van der Waals surface area contributed by atoms with Crippen LogP contribution in [-0.4, -0.2) is 16.6 Å². The van der Waals surface area contributed by atoms with E-state index < -0.39 is 11.5 Å². The lowest BCUT2D eigenvalue weighted by atomic mass is 9.84. The zero-order valence-electron chi connectivity index (χ0n) is 8.25. The Bertz CT molecular complexity index is 193. The molecule has 76 valence electrons. The molecule has 3 N–H and O–H groups in total. The molecule has 0 bridgehead atoms. The fraction of sp³-hybridized carbons (Fsp3) is 0.900. The van der Waals surface area contributed by atoms with Crippen molar-refractivity contribution in [3.05, 3.63) is 0 Å². The third-order valence-corrected chi connectivity index (χ3v) is 3.18. The van der Waals surface area contributed by atoms with Gasteiger partial charge in [0.05, 0.1) is 0 Å². The van der Waals surface area contributed by atoms with E-state index in [2.05, 4.69) is 6.92 Å². The molecule has 1 aliphatic rings. The number of carboxylic acid groups (broad SMARTS) is 1. The summed E-state index contributed by atoms with van der Waals surface area (Å²) in [6.45, 7) is 2.12. The highest BCUT2D eigenvalue weighted by atomic mass is 16.4. The quantitative estimate of drug-likeness (QED) is 0.701. The highest BCUT2D eigenvalue weighted by molar-refractivity contribution is 5.79. The number of hydrogen-bond acceptors (Lipinski definition) is 2. The molecule has 0 unspecified atom stereocenters. The summed E-state index contributed by atoms with van der Waals surface area (Å²) in [5, 5.41) is 9.02. The van der Waals surface area contributed by atoms with Gasteiger partial charge in [0.2, 0.25) is 0 Å². The largest absolute Gasteiger partial charge is 0.480 e. The fourth-order valence-electron chi connectivity index (χ4n) is 2.24. The van der Waals surface area contributed by atoms with Crippen LogP contribution in [0.3, 0.4) is 0 Å². The Balaban J connectivity index is 2.57. The van der Waals surface area contributed by atoms with Crippen LogP contribution < -0.4 is 5.73 Å². The Labute approximate surface area is 79.3 Å². The number of carboxylic acids is 1. The van der Waals surface area contributed by atoms with Crippen LogP contribution in [0.4, 0.5) is 0 Å². The van der Waals surface area contributed by atoms with Gasteiger partial charge >= 0.3 is 5.97 Å². The number of hydrogen-bond donors (Lipinski definition) is 2. The van der Waals surface area contributed by atoms with Crippen molar-refractivity contribution in [1.82, 2.24) is 0 Å². The van der Waals surface area contributed by atoms with Gasteiger partial charge in [0.1, 0.15) is 5.54 Å². The zero-order valence-corrected chi connectivity index (χ0v) is 8.25. The van der Waals surface area contributed by atoms with Gasteiger partial charge in [0, 0.05) is 0 Å². The normalized spacial score (nSPS) is 33.5. The van der Waals surface area contributed by atoms with Crippen LogP contribution in [0.1, 0.15) is 45.4 Å². The van der Waals surface area contributed by atoms with E-state index in [-0.39, 0.29) is 5.92 Å². The fourth-order valence-corrected chi connectivity index (χ4v) is 2.24. The van der Waals surface area contributed by atoms with E-state index in [1.165, 1.54) is 0 Å². The molecule has 2 atom stereocenters. The predicted octanol–water partition coefficient (Wildman–Crippen LogP) is 1.76. The van der Waals surface area contributed by atoms with Crippen molar-refractivity contribution < 1.29 is 9.90 Å². The van der Waals surface area contributed by atoms with Crippen LogP contribution in [0, 0.1) is 5.92 Å². The van der Waals surface area contributed by atoms with Crippen molar-refractivity contribution in [3.8, 4) is 0 Å². The smallest absolute Gasteiger partial charge is 0.323 e. The van der Waals surface area contributed by atoms with Crippen LogP contribution in [0.2, 0.25) is 0 Å². The number of nitrogens with two attached hydrogens (primary N) is 1. The van der Waals surface area contributed by atoms with Crippen molar-refractivity contribution in [2.45, 2.75) is 51.0 Å². The zero-order chi connectivity index (χ0) is 9.90. The molecule has 0 amide bonds. The van der Waals surface area contributed by atoms with Gasteiger partial charge in [-0.1, -0.05) is 26.2 Å². The van der Waals surface area contributed by atoms with E-state index in [4.69, 9.17) is 10.8 Å². The maximum Gasteiger partial charge on any atom is 0.323 e. The van der Waals surface area contributed by atoms with Crippen LogP contribution in [-0.2, 0) is 4.79 Å². The Morgan fingerprint density at radius 2 is 2.38 bits per heavy atom. The Hall–Kier alpha value is -0.570. The molecule has 1 fully saturated rings. The SMILES string of the molecule is CCCC[C@H]1CCC[C@]1(N)C(=O)O. The molecular weight excluding hydrogens is 166 g/mol. The molecule has 0 radical (unpaired) electrons. The summed E-state index contributed by atoms with van der Waals surface area (Å²) in [6, 6.07) is 0. The molecule has 1 aliphatic carbocycles. The summed E-state index contributed by atoms with van der Waals surface area (Å²) in [4.78, 5) is 11.0. The van der Waals surface area contributed by atoms with E-state index in [1.807, 2.05) is 0 Å². The van der Waals surface area contributed by atoms with Crippen molar-refractivity contribution in [2.24, 2.45) is 11.7 Å². The number of unbranched alkanes of at least 4 members (excludes halogenated alkanes) is 1. The van der Waals surface area contributed by atoms with Gasteiger partial charge < -0.3 is 10.8 Å². The van der Waals surface area contributed by atoms with Gasteiger partial charge in [-0.2, -0.15) is 0 Å². The lowest BCUT2D eigenvalue weighted by molar-refractivity contribution is -0.144. The summed E-state index contributed by atoms with van der Waals surface area (Å²) >= 11 is 0. The van der Waals surface area contributed by atoms with Crippen molar-refractivity contribution in [3.63, 3.8) is 0 Å². The van der Waals surface area contributed by atoms with Crippen LogP contribution in [0.5, 0.6) is 0 Å². The van der Waals surface area contributed by atoms with Gasteiger partial charge in [-0.25, -0.2) is 0 Å². The lowest BCUT2D eigenvalue weighted by Crippen LogP contribution is -2.50. The predicted molar refractivity (Wildman–Crippen MR) is 51.4 cm³/mol. The number of carbonyl (C=O) groups is 1. The van der Waals surface area contributed by atoms with Gasteiger partial charge in [0.15, 0.2) is 0 Å². The molecule has 3 nitrogen and oxygen atoms in total. The molecule has 0 aromatic carbocycles. The lowest BCUT2D eigenvalue weighted by Gasteiger charge is -2.26. The highest BCUT2D eigenvalue weighted by Crippen LogP contribution is 2.37. The molecule has 13 heavy (non-hydrogen) atoms. The Morgan fingerprint density at radius 1 is 1.69 bits per heavy atom. The first kappa shape index (κ1) is 10.5. The molecule has 1 rings (SSSR count). The van der Waals surface area contributed by atoms with E-state index in [0.29, 0.717) is 6.42 Å². The van der Waals surface area contributed by atoms with E-state index in [0.717, 1.165) is 32.1 Å². The minimum Gasteiger partial charge on any atom is -0.480 e. The van der Waals surface area contributed by atoms with Crippen molar-refractivity contribution >= 4 is 5.97 Å². The molecule has 0 spiro atoms. The first-order valence-corrected chi connectivity index (χ1v) is 5.13. The molecule has 0 saturated heterocycles. The summed E-state index contributed by atoms with van der Waals surface area (Å²) in [5.74, 6) is -0.615. The third-order valence-electron chi connectivity index (χ3n) is 3.18. The number of aliphatic carboxylic acids is 1. The number of rotatable bonds is 4. The Kier molecular flexibility index (Phi) is 3.31. The monoisotopic (exact) mass is 185 g/mol. The summed E-state index contributed by atoms with van der Waals surface area (Å²) in [6.07, 6.45) is 5.79. The van der Waals surface area contributed by atoms with Gasteiger partial charge in [0.25, 0.3) is 0 Å². The molecular formula is C10H19NO2. The first-order chi connectivity index (χ1) is 6.11. The van der Waals surface area contributed by atoms with E-state index >= 15 is 0 Å². The molecule has 0 aromatic rings. The van der Waals surface area contributed by atoms with Crippen molar-refractivity contribution in [2.75, 3.05) is 0 Å². The third kappa shape index (κ3) is 2.02. The molecule has 0 aromatic heterocycles. The molecule has 0 aliphatic heterocycles. The van der Waals surface area contributed by atoms with E-state index in [9.17, 15) is 4.79 Å². The maximum absolute atomic E-state index is 11.0. The summed E-state index contributed by atoms with van der Waals surface area (Å²) < 4.78 is 0. The second kappa shape index (κ2) is 4.09.